The molecule has 1 N–H and O–H groups in total. The minimum Gasteiger partial charge on any atom is -0.497 e. The van der Waals surface area contributed by atoms with Gasteiger partial charge in [0, 0.05) is 12.2 Å². The number of thioether (sulfide) groups is 1. The lowest BCUT2D eigenvalue weighted by atomic mass is 10.2. The van der Waals surface area contributed by atoms with Gasteiger partial charge in [0.15, 0.2) is 11.0 Å². The Bertz CT molecular complexity index is 1310. The van der Waals surface area contributed by atoms with Crippen LogP contribution in [0.1, 0.15) is 30.8 Å². The monoisotopic (exact) mass is 463 g/mol. The molecule has 1 aliphatic rings. The number of nitrogens with one attached hydrogen (secondary N) is 1. The number of hydrogen-bond donors (Lipinski definition) is 1. The average Bonchev–Trinajstić information content (AvgIpc) is 3.50. The predicted molar refractivity (Wildman–Crippen MR) is 128 cm³/mol. The number of ether oxygens (including phenoxy) is 2. The highest BCUT2D eigenvalue weighted by Gasteiger charge is 2.24. The molecule has 1 fully saturated rings. The Hall–Kier alpha value is -3.17. The van der Waals surface area contributed by atoms with Crippen LogP contribution in [0.3, 0.4) is 0 Å². The molecule has 8 nitrogen and oxygen atoms in total. The zero-order valence-corrected chi connectivity index (χ0v) is 19.3. The molecule has 1 aliphatic heterocycles. The molecule has 2 aromatic heterocycles. The number of nitrogens with zero attached hydrogens (tertiary/aromatic N) is 4. The van der Waals surface area contributed by atoms with Crippen LogP contribution in [-0.2, 0) is 11.3 Å². The van der Waals surface area contributed by atoms with Gasteiger partial charge in [-0.25, -0.2) is 4.98 Å². The molecular weight excluding hydrogens is 438 g/mol. The number of H-pyrrole nitrogens is 1. The Morgan fingerprint density at radius 2 is 2.03 bits per heavy atom. The number of hydrogen-bond acceptors (Lipinski definition) is 7. The molecule has 0 aliphatic carbocycles. The van der Waals surface area contributed by atoms with Gasteiger partial charge >= 0.3 is 0 Å². The first-order valence-electron chi connectivity index (χ1n) is 11.0. The minimum atomic E-state index is -0.136. The normalized spacial score (nSPS) is 16.8. The molecule has 1 saturated heterocycles. The first-order valence-corrected chi connectivity index (χ1v) is 11.8. The molecule has 170 valence electrons. The topological polar surface area (TPSA) is 94.9 Å². The third kappa shape index (κ3) is 4.51. The van der Waals surface area contributed by atoms with Gasteiger partial charge in [0.05, 0.1) is 35.9 Å². The summed E-state index contributed by atoms with van der Waals surface area (Å²) in [4.78, 5) is 20.1. The van der Waals surface area contributed by atoms with Crippen LogP contribution in [0, 0.1) is 0 Å². The first kappa shape index (κ1) is 21.7. The molecule has 4 aromatic rings. The number of fused-ring (bicyclic) bond motifs is 1. The summed E-state index contributed by atoms with van der Waals surface area (Å²) in [6, 6.07) is 15.2. The maximum Gasteiger partial charge on any atom is 0.258 e. The standard InChI is InChI=1S/C24H25N5O3S/c1-15(21-25-20-8-4-3-7-19(20)23(30)26-21)33-24-28-27-22(16-9-11-17(31-2)12-10-16)29(24)14-18-6-5-13-32-18/h3-4,7-12,15,18H,5-6,13-14H2,1-2H3,(H,25,26,30)/t15-,18-/m0/s1. The molecule has 0 bridgehead atoms. The van der Waals surface area contributed by atoms with Gasteiger partial charge in [-0.05, 0) is 56.2 Å². The van der Waals surface area contributed by atoms with Crippen molar-refractivity contribution in [3.63, 3.8) is 0 Å². The average molecular weight is 464 g/mol. The van der Waals surface area contributed by atoms with E-state index in [1.807, 2.05) is 49.4 Å². The second kappa shape index (κ2) is 9.36. The molecule has 2 atom stereocenters. The molecule has 9 heteroatoms. The van der Waals surface area contributed by atoms with E-state index in [0.717, 1.165) is 41.7 Å². The Morgan fingerprint density at radius 3 is 2.79 bits per heavy atom. The van der Waals surface area contributed by atoms with Crippen molar-refractivity contribution in [2.75, 3.05) is 13.7 Å². The molecule has 0 radical (unpaired) electrons. The maximum atomic E-state index is 12.5. The maximum absolute atomic E-state index is 12.5. The number of benzene rings is 2. The fraction of sp³-hybridized carbons (Fsp3) is 0.333. The van der Waals surface area contributed by atoms with Crippen LogP contribution in [0.5, 0.6) is 5.75 Å². The van der Waals surface area contributed by atoms with Gasteiger partial charge in [-0.3, -0.25) is 9.36 Å². The van der Waals surface area contributed by atoms with Crippen molar-refractivity contribution >= 4 is 22.7 Å². The third-order valence-electron chi connectivity index (χ3n) is 5.77. The van der Waals surface area contributed by atoms with Crippen molar-refractivity contribution in [1.82, 2.24) is 24.7 Å². The second-order valence-corrected chi connectivity index (χ2v) is 9.32. The number of para-hydroxylation sites is 1. The Morgan fingerprint density at radius 1 is 1.21 bits per heavy atom. The molecule has 0 unspecified atom stereocenters. The Labute approximate surface area is 195 Å². The Balaban J connectivity index is 1.47. The molecule has 33 heavy (non-hydrogen) atoms. The summed E-state index contributed by atoms with van der Waals surface area (Å²) in [5, 5.41) is 10.2. The summed E-state index contributed by atoms with van der Waals surface area (Å²) >= 11 is 1.52. The fourth-order valence-electron chi connectivity index (χ4n) is 4.00. The van der Waals surface area contributed by atoms with E-state index < -0.39 is 0 Å². The highest BCUT2D eigenvalue weighted by Crippen LogP contribution is 2.35. The van der Waals surface area contributed by atoms with Crippen LogP contribution < -0.4 is 10.3 Å². The van der Waals surface area contributed by atoms with Crippen LogP contribution in [0.4, 0.5) is 0 Å². The van der Waals surface area contributed by atoms with E-state index >= 15 is 0 Å². The van der Waals surface area contributed by atoms with Crippen molar-refractivity contribution < 1.29 is 9.47 Å². The molecule has 2 aromatic carbocycles. The van der Waals surface area contributed by atoms with E-state index in [-0.39, 0.29) is 16.9 Å². The predicted octanol–water partition coefficient (Wildman–Crippen LogP) is 4.22. The van der Waals surface area contributed by atoms with E-state index in [0.29, 0.717) is 23.3 Å². The highest BCUT2D eigenvalue weighted by molar-refractivity contribution is 7.99. The van der Waals surface area contributed by atoms with Gasteiger partial charge in [0.25, 0.3) is 5.56 Å². The number of rotatable bonds is 7. The summed E-state index contributed by atoms with van der Waals surface area (Å²) in [6.07, 6.45) is 2.21. The van der Waals surface area contributed by atoms with Gasteiger partial charge in [-0.2, -0.15) is 0 Å². The summed E-state index contributed by atoms with van der Waals surface area (Å²) in [6.45, 7) is 3.47. The van der Waals surface area contributed by atoms with Crippen molar-refractivity contribution in [2.45, 2.75) is 42.8 Å². The van der Waals surface area contributed by atoms with Crippen molar-refractivity contribution in [2.24, 2.45) is 0 Å². The lowest BCUT2D eigenvalue weighted by molar-refractivity contribution is 0.0953. The van der Waals surface area contributed by atoms with E-state index in [1.165, 1.54) is 11.8 Å². The molecule has 5 rings (SSSR count). The van der Waals surface area contributed by atoms with Crippen LogP contribution in [0.15, 0.2) is 58.5 Å². The lowest BCUT2D eigenvalue weighted by Gasteiger charge is -2.16. The van der Waals surface area contributed by atoms with Crippen molar-refractivity contribution in [3.05, 3.63) is 64.7 Å². The molecule has 0 amide bonds. The van der Waals surface area contributed by atoms with Gasteiger partial charge < -0.3 is 14.5 Å². The lowest BCUT2D eigenvalue weighted by Crippen LogP contribution is -2.17. The van der Waals surface area contributed by atoms with Gasteiger partial charge in [0.1, 0.15) is 11.6 Å². The largest absolute Gasteiger partial charge is 0.497 e. The molecule has 3 heterocycles. The molecular formula is C24H25N5O3S. The van der Waals surface area contributed by atoms with Gasteiger partial charge in [-0.15, -0.1) is 10.2 Å². The summed E-state index contributed by atoms with van der Waals surface area (Å²) in [5.74, 6) is 2.18. The fourth-order valence-corrected chi connectivity index (χ4v) is 4.91. The van der Waals surface area contributed by atoms with E-state index in [4.69, 9.17) is 9.47 Å². The summed E-state index contributed by atoms with van der Waals surface area (Å²) in [7, 11) is 1.65. The van der Waals surface area contributed by atoms with E-state index in [2.05, 4.69) is 24.7 Å². The van der Waals surface area contributed by atoms with Crippen LogP contribution in [0.2, 0.25) is 0 Å². The highest BCUT2D eigenvalue weighted by atomic mass is 32.2. The van der Waals surface area contributed by atoms with Crippen LogP contribution in [-0.4, -0.2) is 44.6 Å². The first-order chi connectivity index (χ1) is 16.1. The van der Waals surface area contributed by atoms with Crippen LogP contribution in [0.25, 0.3) is 22.3 Å². The van der Waals surface area contributed by atoms with Crippen LogP contribution >= 0.6 is 11.8 Å². The van der Waals surface area contributed by atoms with Crippen molar-refractivity contribution in [3.8, 4) is 17.1 Å². The van der Waals surface area contributed by atoms with Gasteiger partial charge in [-0.1, -0.05) is 23.9 Å². The third-order valence-corrected chi connectivity index (χ3v) is 6.86. The number of aromatic amines is 1. The minimum absolute atomic E-state index is 0.126. The SMILES string of the molecule is COc1ccc(-c2nnc(S[C@@H](C)c3nc4ccccc4c(=O)[nH]3)n2C[C@@H]2CCCO2)cc1. The zero-order chi connectivity index (χ0) is 22.8. The van der Waals surface area contributed by atoms with Crippen molar-refractivity contribution in [1.29, 1.82) is 0 Å². The number of methoxy groups -OCH3 is 1. The van der Waals surface area contributed by atoms with E-state index in [1.54, 1.807) is 13.2 Å². The molecule has 0 saturated carbocycles. The zero-order valence-electron chi connectivity index (χ0n) is 18.5. The quantitative estimate of drug-likeness (QED) is 0.410. The molecule has 0 spiro atoms. The second-order valence-electron chi connectivity index (χ2n) is 8.01. The summed E-state index contributed by atoms with van der Waals surface area (Å²) < 4.78 is 13.3. The van der Waals surface area contributed by atoms with Gasteiger partial charge in [0.2, 0.25) is 0 Å². The Kier molecular flexibility index (Phi) is 6.15. The summed E-state index contributed by atoms with van der Waals surface area (Å²) in [5.41, 5.74) is 1.50. The smallest absolute Gasteiger partial charge is 0.258 e. The number of aromatic nitrogens is 5. The van der Waals surface area contributed by atoms with E-state index in [9.17, 15) is 4.79 Å².